The van der Waals surface area contributed by atoms with Crippen molar-refractivity contribution in [1.82, 2.24) is 0 Å². The first-order valence-electron chi connectivity index (χ1n) is 9.82. The van der Waals surface area contributed by atoms with Crippen LogP contribution >= 0.6 is 0 Å². The third-order valence-electron chi connectivity index (χ3n) is 4.59. The first-order valence-corrected chi connectivity index (χ1v) is 9.82. The number of hydrogen-bond donors (Lipinski definition) is 2. The van der Waals surface area contributed by atoms with Gasteiger partial charge in [0.15, 0.2) is 0 Å². The summed E-state index contributed by atoms with van der Waals surface area (Å²) in [6.07, 6.45) is -0.616. The number of rotatable bonds is 5. The minimum Gasteiger partial charge on any atom is -0.508 e. The molecule has 0 aliphatic rings. The Kier molecular flexibility index (Phi) is 6.13. The van der Waals surface area contributed by atoms with E-state index in [4.69, 9.17) is 9.47 Å². The smallest absolute Gasteiger partial charge is 0.417 e. The number of hydrogen-bond acceptors (Lipinski definition) is 5. The summed E-state index contributed by atoms with van der Waals surface area (Å²) in [4.78, 5) is 24.4. The molecule has 32 heavy (non-hydrogen) atoms. The Labute approximate surface area is 184 Å². The molecule has 0 aliphatic carbocycles. The molecule has 4 rings (SSSR count). The van der Waals surface area contributed by atoms with Crippen molar-refractivity contribution in [2.24, 2.45) is 0 Å². The second kappa shape index (κ2) is 9.49. The fraction of sp³-hybridized carbons (Fsp3) is 0. The summed E-state index contributed by atoms with van der Waals surface area (Å²) in [5.41, 5.74) is 2.75. The highest BCUT2D eigenvalue weighted by Gasteiger charge is 2.10. The van der Waals surface area contributed by atoms with Gasteiger partial charge in [0.1, 0.15) is 17.2 Å². The van der Waals surface area contributed by atoms with Gasteiger partial charge in [-0.1, -0.05) is 42.5 Å². The van der Waals surface area contributed by atoms with Gasteiger partial charge in [0, 0.05) is 5.69 Å². The summed E-state index contributed by atoms with van der Waals surface area (Å²) >= 11 is 0. The Morgan fingerprint density at radius 3 is 1.81 bits per heavy atom. The predicted octanol–water partition coefficient (Wildman–Crippen LogP) is 5.89. The summed E-state index contributed by atoms with van der Waals surface area (Å²) in [7, 11) is 0. The maximum absolute atomic E-state index is 12.4. The average molecular weight is 425 g/mol. The SMILES string of the molecule is O=C(Nc1ccc(OC(=O)c2ccc(-c3ccc(O)cc3)cc2)cc1)Oc1ccccc1. The van der Waals surface area contributed by atoms with Crippen molar-refractivity contribution in [3.63, 3.8) is 0 Å². The molecule has 0 radical (unpaired) electrons. The van der Waals surface area contributed by atoms with E-state index in [0.717, 1.165) is 11.1 Å². The molecule has 0 bridgehead atoms. The maximum Gasteiger partial charge on any atom is 0.417 e. The summed E-state index contributed by atoms with van der Waals surface area (Å²) in [5.74, 6) is 0.487. The normalized spacial score (nSPS) is 10.2. The number of nitrogens with one attached hydrogen (secondary N) is 1. The zero-order chi connectivity index (χ0) is 22.3. The van der Waals surface area contributed by atoms with E-state index in [1.807, 2.05) is 18.2 Å². The Morgan fingerprint density at radius 2 is 1.19 bits per heavy atom. The molecule has 2 N–H and O–H groups in total. The van der Waals surface area contributed by atoms with Crippen molar-refractivity contribution < 1.29 is 24.2 Å². The van der Waals surface area contributed by atoms with Gasteiger partial charge in [-0.15, -0.1) is 0 Å². The van der Waals surface area contributed by atoms with Crippen LogP contribution in [0.25, 0.3) is 11.1 Å². The van der Waals surface area contributed by atoms with Crippen LogP contribution in [0.4, 0.5) is 10.5 Å². The monoisotopic (exact) mass is 425 g/mol. The lowest BCUT2D eigenvalue weighted by molar-refractivity contribution is 0.0734. The quantitative estimate of drug-likeness (QED) is 0.308. The molecule has 0 saturated carbocycles. The van der Waals surface area contributed by atoms with E-state index >= 15 is 0 Å². The average Bonchev–Trinajstić information content (AvgIpc) is 2.81. The van der Waals surface area contributed by atoms with Crippen LogP contribution in [-0.2, 0) is 0 Å². The van der Waals surface area contributed by atoms with Gasteiger partial charge in [-0.3, -0.25) is 5.32 Å². The lowest BCUT2D eigenvalue weighted by atomic mass is 10.0. The highest BCUT2D eigenvalue weighted by atomic mass is 16.6. The molecule has 0 aliphatic heterocycles. The van der Waals surface area contributed by atoms with Crippen LogP contribution in [0.3, 0.4) is 0 Å². The van der Waals surface area contributed by atoms with E-state index in [1.54, 1.807) is 84.9 Å². The van der Waals surface area contributed by atoms with Gasteiger partial charge in [0.05, 0.1) is 5.56 Å². The molecule has 158 valence electrons. The fourth-order valence-electron chi connectivity index (χ4n) is 2.96. The lowest BCUT2D eigenvalue weighted by Gasteiger charge is -2.08. The topological polar surface area (TPSA) is 84.9 Å². The van der Waals surface area contributed by atoms with Gasteiger partial charge in [0.25, 0.3) is 0 Å². The van der Waals surface area contributed by atoms with Gasteiger partial charge in [-0.25, -0.2) is 9.59 Å². The van der Waals surface area contributed by atoms with Crippen molar-refractivity contribution in [2.75, 3.05) is 5.32 Å². The van der Waals surface area contributed by atoms with E-state index in [9.17, 15) is 14.7 Å². The van der Waals surface area contributed by atoms with Gasteiger partial charge >= 0.3 is 12.1 Å². The van der Waals surface area contributed by atoms with Gasteiger partial charge in [-0.2, -0.15) is 0 Å². The number of carbonyl (C=O) groups is 2. The lowest BCUT2D eigenvalue weighted by Crippen LogP contribution is -2.16. The molecule has 0 heterocycles. The van der Waals surface area contributed by atoms with Crippen LogP contribution in [0.15, 0.2) is 103 Å². The van der Waals surface area contributed by atoms with Crippen molar-refractivity contribution in [3.8, 4) is 28.4 Å². The molecule has 0 spiro atoms. The third-order valence-corrected chi connectivity index (χ3v) is 4.59. The largest absolute Gasteiger partial charge is 0.508 e. The molecule has 0 atom stereocenters. The van der Waals surface area contributed by atoms with Crippen molar-refractivity contribution >= 4 is 17.7 Å². The summed E-state index contributed by atoms with van der Waals surface area (Å²) < 4.78 is 10.6. The number of esters is 1. The molecule has 0 fully saturated rings. The van der Waals surface area contributed by atoms with E-state index < -0.39 is 12.1 Å². The molecule has 1 amide bonds. The Hall–Kier alpha value is -4.58. The van der Waals surface area contributed by atoms with E-state index in [-0.39, 0.29) is 5.75 Å². The van der Waals surface area contributed by atoms with Crippen LogP contribution in [-0.4, -0.2) is 17.2 Å². The van der Waals surface area contributed by atoms with Crippen molar-refractivity contribution in [2.45, 2.75) is 0 Å². The van der Waals surface area contributed by atoms with Crippen LogP contribution in [0.1, 0.15) is 10.4 Å². The van der Waals surface area contributed by atoms with Gasteiger partial charge < -0.3 is 14.6 Å². The molecule has 0 unspecified atom stereocenters. The Bertz CT molecular complexity index is 1200. The van der Waals surface area contributed by atoms with Gasteiger partial charge in [0.2, 0.25) is 0 Å². The molecule has 4 aromatic rings. The number of benzene rings is 4. The third kappa shape index (κ3) is 5.31. The summed E-state index contributed by atoms with van der Waals surface area (Å²) in [6.45, 7) is 0. The summed E-state index contributed by atoms with van der Waals surface area (Å²) in [5, 5.41) is 12.0. The highest BCUT2D eigenvalue weighted by molar-refractivity contribution is 5.92. The number of anilines is 1. The van der Waals surface area contributed by atoms with Crippen molar-refractivity contribution in [1.29, 1.82) is 0 Å². The van der Waals surface area contributed by atoms with Crippen LogP contribution in [0.2, 0.25) is 0 Å². The molecule has 6 nitrogen and oxygen atoms in total. The molecular weight excluding hydrogens is 406 g/mol. The van der Waals surface area contributed by atoms with E-state index in [0.29, 0.717) is 22.7 Å². The number of aromatic hydroxyl groups is 1. The minimum absolute atomic E-state index is 0.197. The second-order valence-electron chi connectivity index (χ2n) is 6.87. The van der Waals surface area contributed by atoms with E-state index in [1.165, 1.54) is 0 Å². The number of ether oxygens (including phenoxy) is 2. The Balaban J connectivity index is 1.34. The summed E-state index contributed by atoms with van der Waals surface area (Å²) in [6, 6.07) is 28.9. The number of amides is 1. The molecular formula is C26H19NO5. The van der Waals surface area contributed by atoms with Crippen LogP contribution in [0, 0.1) is 0 Å². The molecule has 0 aromatic heterocycles. The van der Waals surface area contributed by atoms with Crippen molar-refractivity contribution in [3.05, 3.63) is 109 Å². The van der Waals surface area contributed by atoms with Crippen LogP contribution < -0.4 is 14.8 Å². The number of para-hydroxylation sites is 1. The maximum atomic E-state index is 12.4. The van der Waals surface area contributed by atoms with Crippen LogP contribution in [0.5, 0.6) is 17.2 Å². The molecule has 4 aromatic carbocycles. The number of phenolic OH excluding ortho intramolecular Hbond substituents is 1. The minimum atomic E-state index is -0.616. The van der Waals surface area contributed by atoms with E-state index in [2.05, 4.69) is 5.32 Å². The highest BCUT2D eigenvalue weighted by Crippen LogP contribution is 2.23. The number of carbonyl (C=O) groups excluding carboxylic acids is 2. The first-order chi connectivity index (χ1) is 15.6. The predicted molar refractivity (Wildman–Crippen MR) is 121 cm³/mol. The zero-order valence-electron chi connectivity index (χ0n) is 16.9. The number of phenols is 1. The first kappa shape index (κ1) is 20.7. The zero-order valence-corrected chi connectivity index (χ0v) is 16.9. The molecule has 6 heteroatoms. The fourth-order valence-corrected chi connectivity index (χ4v) is 2.96. The Morgan fingerprint density at radius 1 is 0.625 bits per heavy atom. The standard InChI is InChI=1S/C26H19NO5/c28-22-14-10-19(11-15-22)18-6-8-20(9-7-18)25(29)31-24-16-12-21(13-17-24)27-26(30)32-23-4-2-1-3-5-23/h1-17,28H,(H,27,30). The second-order valence-corrected chi connectivity index (χ2v) is 6.87. The molecule has 0 saturated heterocycles. The van der Waals surface area contributed by atoms with Gasteiger partial charge in [-0.05, 0) is 71.8 Å².